The Bertz CT molecular complexity index is 503. The average Bonchev–Trinajstić information content (AvgIpc) is 2.46. The van der Waals surface area contributed by atoms with Crippen LogP contribution in [0, 0.1) is 0 Å². The first-order chi connectivity index (χ1) is 10.4. The zero-order valence-electron chi connectivity index (χ0n) is 13.8. The molecule has 6 heteroatoms. The number of ether oxygens (including phenoxy) is 1. The molecule has 2 amide bonds. The normalized spacial score (nSPS) is 10.4. The second kappa shape index (κ2) is 9.04. The Kier molecular flexibility index (Phi) is 7.39. The Morgan fingerprint density at radius 2 is 1.91 bits per heavy atom. The van der Waals surface area contributed by atoms with E-state index in [0.29, 0.717) is 18.8 Å². The lowest BCUT2D eigenvalue weighted by Gasteiger charge is -2.22. The zero-order chi connectivity index (χ0) is 16.5. The maximum absolute atomic E-state index is 11.9. The van der Waals surface area contributed by atoms with Crippen LogP contribution in [0.15, 0.2) is 24.3 Å². The van der Waals surface area contributed by atoms with Gasteiger partial charge in [0.25, 0.3) is 0 Å². The summed E-state index contributed by atoms with van der Waals surface area (Å²) in [5.41, 5.74) is 0.876. The van der Waals surface area contributed by atoms with E-state index >= 15 is 0 Å². The van der Waals surface area contributed by atoms with E-state index < -0.39 is 0 Å². The number of amides is 2. The molecule has 0 fully saturated rings. The van der Waals surface area contributed by atoms with Gasteiger partial charge in [0, 0.05) is 32.1 Å². The molecule has 0 aliphatic carbocycles. The molecule has 0 aliphatic rings. The van der Waals surface area contributed by atoms with E-state index in [0.717, 1.165) is 12.1 Å². The first kappa shape index (κ1) is 18.0. The van der Waals surface area contributed by atoms with Crippen molar-refractivity contribution in [3.8, 4) is 5.75 Å². The zero-order valence-corrected chi connectivity index (χ0v) is 13.8. The average molecular weight is 307 g/mol. The Morgan fingerprint density at radius 3 is 2.50 bits per heavy atom. The third-order valence-electron chi connectivity index (χ3n) is 3.21. The lowest BCUT2D eigenvalue weighted by Crippen LogP contribution is -2.41. The van der Waals surface area contributed by atoms with Crippen LogP contribution >= 0.6 is 0 Å². The van der Waals surface area contributed by atoms with Crippen LogP contribution in [0.1, 0.15) is 12.5 Å². The molecule has 0 radical (unpaired) electrons. The highest BCUT2D eigenvalue weighted by Gasteiger charge is 2.15. The SMILES string of the molecule is COc1ccccc1CN(CC(=O)NCCN(C)C)C(C)=O. The summed E-state index contributed by atoms with van der Waals surface area (Å²) in [6, 6.07) is 7.48. The van der Waals surface area contributed by atoms with Crippen LogP contribution < -0.4 is 10.1 Å². The minimum atomic E-state index is -0.160. The molecule has 122 valence electrons. The van der Waals surface area contributed by atoms with E-state index in [1.165, 1.54) is 11.8 Å². The predicted octanol–water partition coefficient (Wildman–Crippen LogP) is 0.722. The van der Waals surface area contributed by atoms with Crippen molar-refractivity contribution in [2.45, 2.75) is 13.5 Å². The summed E-state index contributed by atoms with van der Waals surface area (Å²) in [6.07, 6.45) is 0. The van der Waals surface area contributed by atoms with Gasteiger partial charge in [0.05, 0.1) is 13.7 Å². The molecule has 0 aromatic heterocycles. The number of methoxy groups -OCH3 is 1. The maximum atomic E-state index is 11.9. The number of likely N-dealkylation sites (N-methyl/N-ethyl adjacent to an activating group) is 1. The highest BCUT2D eigenvalue weighted by molar-refractivity contribution is 5.83. The van der Waals surface area contributed by atoms with E-state index in [1.807, 2.05) is 43.3 Å². The van der Waals surface area contributed by atoms with Gasteiger partial charge in [0.15, 0.2) is 0 Å². The van der Waals surface area contributed by atoms with E-state index in [4.69, 9.17) is 4.74 Å². The van der Waals surface area contributed by atoms with Gasteiger partial charge in [-0.3, -0.25) is 9.59 Å². The first-order valence-corrected chi connectivity index (χ1v) is 7.23. The lowest BCUT2D eigenvalue weighted by molar-refractivity contribution is -0.134. The van der Waals surface area contributed by atoms with Gasteiger partial charge in [-0.1, -0.05) is 18.2 Å². The quantitative estimate of drug-likeness (QED) is 0.769. The topological polar surface area (TPSA) is 61.9 Å². The smallest absolute Gasteiger partial charge is 0.239 e. The summed E-state index contributed by atoms with van der Waals surface area (Å²) in [4.78, 5) is 27.2. The van der Waals surface area contributed by atoms with E-state index in [-0.39, 0.29) is 18.4 Å². The number of rotatable bonds is 8. The van der Waals surface area contributed by atoms with Crippen molar-refractivity contribution >= 4 is 11.8 Å². The number of carbonyl (C=O) groups is 2. The second-order valence-corrected chi connectivity index (χ2v) is 5.34. The summed E-state index contributed by atoms with van der Waals surface area (Å²) >= 11 is 0. The number of hydrogen-bond acceptors (Lipinski definition) is 4. The number of benzene rings is 1. The molecule has 0 saturated carbocycles. The molecule has 1 aromatic carbocycles. The Balaban J connectivity index is 2.62. The van der Waals surface area contributed by atoms with Crippen LogP contribution in [0.5, 0.6) is 5.75 Å². The second-order valence-electron chi connectivity index (χ2n) is 5.34. The number of carbonyl (C=O) groups excluding carboxylic acids is 2. The largest absolute Gasteiger partial charge is 0.496 e. The van der Waals surface area contributed by atoms with Gasteiger partial charge >= 0.3 is 0 Å². The molecule has 0 saturated heterocycles. The maximum Gasteiger partial charge on any atom is 0.239 e. The number of para-hydroxylation sites is 1. The summed E-state index contributed by atoms with van der Waals surface area (Å²) in [7, 11) is 5.47. The van der Waals surface area contributed by atoms with Crippen LogP contribution in [-0.2, 0) is 16.1 Å². The standard InChI is InChI=1S/C16H25N3O3/c1-13(20)19(12-16(21)17-9-10-18(2)3)11-14-7-5-6-8-15(14)22-4/h5-8H,9-12H2,1-4H3,(H,17,21). The highest BCUT2D eigenvalue weighted by Crippen LogP contribution is 2.19. The van der Waals surface area contributed by atoms with Gasteiger partial charge in [-0.15, -0.1) is 0 Å². The van der Waals surface area contributed by atoms with Gasteiger partial charge in [0.1, 0.15) is 5.75 Å². The molecule has 0 atom stereocenters. The van der Waals surface area contributed by atoms with Crippen molar-refractivity contribution < 1.29 is 14.3 Å². The van der Waals surface area contributed by atoms with Crippen molar-refractivity contribution in [3.05, 3.63) is 29.8 Å². The minimum Gasteiger partial charge on any atom is -0.496 e. The fourth-order valence-corrected chi connectivity index (χ4v) is 1.97. The van der Waals surface area contributed by atoms with Gasteiger partial charge in [-0.25, -0.2) is 0 Å². The fourth-order valence-electron chi connectivity index (χ4n) is 1.97. The third kappa shape index (κ3) is 6.13. The van der Waals surface area contributed by atoms with Crippen molar-refractivity contribution in [2.75, 3.05) is 40.8 Å². The van der Waals surface area contributed by atoms with Crippen molar-refractivity contribution in [2.24, 2.45) is 0 Å². The Hall–Kier alpha value is -2.08. The summed E-state index contributed by atoms with van der Waals surface area (Å²) < 4.78 is 5.28. The van der Waals surface area contributed by atoms with Crippen LogP contribution in [0.3, 0.4) is 0 Å². The van der Waals surface area contributed by atoms with Crippen molar-refractivity contribution in [3.63, 3.8) is 0 Å². The molecular weight excluding hydrogens is 282 g/mol. The third-order valence-corrected chi connectivity index (χ3v) is 3.21. The molecule has 6 nitrogen and oxygen atoms in total. The van der Waals surface area contributed by atoms with Crippen LogP contribution in [0.4, 0.5) is 0 Å². The summed E-state index contributed by atoms with van der Waals surface area (Å²) in [5, 5.41) is 2.81. The van der Waals surface area contributed by atoms with Gasteiger partial charge in [0.2, 0.25) is 11.8 Å². The van der Waals surface area contributed by atoms with Crippen LogP contribution in [0.25, 0.3) is 0 Å². The fraction of sp³-hybridized carbons (Fsp3) is 0.500. The molecular formula is C16H25N3O3. The van der Waals surface area contributed by atoms with Gasteiger partial charge in [-0.2, -0.15) is 0 Å². The Morgan fingerprint density at radius 1 is 1.23 bits per heavy atom. The number of nitrogens with one attached hydrogen (secondary N) is 1. The van der Waals surface area contributed by atoms with Gasteiger partial charge < -0.3 is 19.9 Å². The minimum absolute atomic E-state index is 0.0425. The molecule has 0 unspecified atom stereocenters. The highest BCUT2D eigenvalue weighted by atomic mass is 16.5. The monoisotopic (exact) mass is 307 g/mol. The van der Waals surface area contributed by atoms with E-state index in [9.17, 15) is 9.59 Å². The lowest BCUT2D eigenvalue weighted by atomic mass is 10.2. The molecule has 0 aliphatic heterocycles. The van der Waals surface area contributed by atoms with E-state index in [2.05, 4.69) is 5.32 Å². The molecule has 1 aromatic rings. The number of hydrogen-bond donors (Lipinski definition) is 1. The Labute approximate surface area is 132 Å². The summed E-state index contributed by atoms with van der Waals surface area (Å²) in [6.45, 7) is 3.17. The first-order valence-electron chi connectivity index (χ1n) is 7.23. The molecule has 0 heterocycles. The number of nitrogens with zero attached hydrogens (tertiary/aromatic N) is 2. The molecule has 0 bridgehead atoms. The molecule has 0 spiro atoms. The summed E-state index contributed by atoms with van der Waals surface area (Å²) in [5.74, 6) is 0.405. The molecule has 1 rings (SSSR count). The van der Waals surface area contributed by atoms with Crippen molar-refractivity contribution in [1.29, 1.82) is 0 Å². The molecule has 22 heavy (non-hydrogen) atoms. The van der Waals surface area contributed by atoms with Crippen LogP contribution in [0.2, 0.25) is 0 Å². The molecule has 1 N–H and O–H groups in total. The van der Waals surface area contributed by atoms with Crippen LogP contribution in [-0.4, -0.2) is 62.5 Å². The van der Waals surface area contributed by atoms with Gasteiger partial charge in [-0.05, 0) is 20.2 Å². The predicted molar refractivity (Wildman–Crippen MR) is 85.6 cm³/mol. The van der Waals surface area contributed by atoms with E-state index in [1.54, 1.807) is 7.11 Å². The van der Waals surface area contributed by atoms with Crippen molar-refractivity contribution in [1.82, 2.24) is 15.1 Å².